The van der Waals surface area contributed by atoms with Gasteiger partial charge in [-0.3, -0.25) is 0 Å². The van der Waals surface area contributed by atoms with Gasteiger partial charge in [0.15, 0.2) is 0 Å². The number of rotatable bonds is 11. The SMILES string of the molecule is CCC/C=C/C1=C(C)CC(COCc2ccccc2)(COCc2ccccc2)C1. The van der Waals surface area contributed by atoms with Crippen molar-refractivity contribution in [2.45, 2.75) is 52.7 Å². The molecule has 3 rings (SSSR count). The Morgan fingerprint density at radius 3 is 1.90 bits per heavy atom. The van der Waals surface area contributed by atoms with E-state index in [4.69, 9.17) is 9.47 Å². The number of unbranched alkanes of at least 4 members (excludes halogenated alkanes) is 1. The number of ether oxygens (including phenoxy) is 2. The van der Waals surface area contributed by atoms with Crippen molar-refractivity contribution in [2.24, 2.45) is 5.41 Å². The number of allylic oxidation sites excluding steroid dienone is 4. The van der Waals surface area contributed by atoms with Crippen molar-refractivity contribution in [2.75, 3.05) is 13.2 Å². The van der Waals surface area contributed by atoms with E-state index in [-0.39, 0.29) is 5.41 Å². The zero-order chi connectivity index (χ0) is 20.4. The van der Waals surface area contributed by atoms with Crippen LogP contribution in [0.15, 0.2) is 84.0 Å². The van der Waals surface area contributed by atoms with Crippen molar-refractivity contribution in [1.29, 1.82) is 0 Å². The Kier molecular flexibility index (Phi) is 8.27. The van der Waals surface area contributed by atoms with Crippen molar-refractivity contribution >= 4 is 0 Å². The first-order valence-electron chi connectivity index (χ1n) is 10.8. The average molecular weight is 391 g/mol. The van der Waals surface area contributed by atoms with Crippen LogP contribution in [0.3, 0.4) is 0 Å². The van der Waals surface area contributed by atoms with E-state index in [1.54, 1.807) is 0 Å². The summed E-state index contributed by atoms with van der Waals surface area (Å²) in [6, 6.07) is 20.8. The molecule has 0 aliphatic heterocycles. The van der Waals surface area contributed by atoms with Crippen LogP contribution in [0.1, 0.15) is 50.7 Å². The molecule has 1 aliphatic carbocycles. The predicted molar refractivity (Wildman–Crippen MR) is 121 cm³/mol. The van der Waals surface area contributed by atoms with Crippen LogP contribution < -0.4 is 0 Å². The van der Waals surface area contributed by atoms with E-state index < -0.39 is 0 Å². The summed E-state index contributed by atoms with van der Waals surface area (Å²) in [5.41, 5.74) is 5.41. The molecule has 0 spiro atoms. The molecule has 2 nitrogen and oxygen atoms in total. The summed E-state index contributed by atoms with van der Waals surface area (Å²) in [6.07, 6.45) is 9.04. The van der Waals surface area contributed by atoms with Crippen molar-refractivity contribution in [3.63, 3.8) is 0 Å². The minimum atomic E-state index is 0.0273. The van der Waals surface area contributed by atoms with E-state index in [9.17, 15) is 0 Å². The van der Waals surface area contributed by atoms with Gasteiger partial charge in [-0.2, -0.15) is 0 Å². The fourth-order valence-electron chi connectivity index (χ4n) is 4.05. The second-order valence-electron chi connectivity index (χ2n) is 8.31. The molecule has 0 bridgehead atoms. The molecule has 0 aromatic heterocycles. The van der Waals surface area contributed by atoms with Crippen LogP contribution in [0.25, 0.3) is 0 Å². The van der Waals surface area contributed by atoms with Gasteiger partial charge in [0.25, 0.3) is 0 Å². The second kappa shape index (κ2) is 11.1. The Morgan fingerprint density at radius 1 is 0.828 bits per heavy atom. The fourth-order valence-corrected chi connectivity index (χ4v) is 4.05. The third-order valence-corrected chi connectivity index (χ3v) is 5.57. The lowest BCUT2D eigenvalue weighted by molar-refractivity contribution is -0.0280. The molecule has 2 heteroatoms. The smallest absolute Gasteiger partial charge is 0.0717 e. The van der Waals surface area contributed by atoms with Crippen LogP contribution in [0.5, 0.6) is 0 Å². The van der Waals surface area contributed by atoms with E-state index in [1.165, 1.54) is 28.7 Å². The third-order valence-electron chi connectivity index (χ3n) is 5.57. The summed E-state index contributed by atoms with van der Waals surface area (Å²) in [5.74, 6) is 0. The van der Waals surface area contributed by atoms with Crippen molar-refractivity contribution in [3.05, 3.63) is 95.1 Å². The molecule has 154 valence electrons. The van der Waals surface area contributed by atoms with E-state index in [2.05, 4.69) is 74.5 Å². The highest BCUT2D eigenvalue weighted by molar-refractivity contribution is 5.32. The summed E-state index contributed by atoms with van der Waals surface area (Å²) in [7, 11) is 0. The van der Waals surface area contributed by atoms with Gasteiger partial charge in [0.2, 0.25) is 0 Å². The molecule has 2 aromatic carbocycles. The summed E-state index contributed by atoms with van der Waals surface area (Å²) in [4.78, 5) is 0. The Balaban J connectivity index is 1.61. The van der Waals surface area contributed by atoms with E-state index in [1.807, 2.05) is 12.1 Å². The molecule has 2 aromatic rings. The van der Waals surface area contributed by atoms with Gasteiger partial charge >= 0.3 is 0 Å². The first-order valence-corrected chi connectivity index (χ1v) is 10.8. The maximum atomic E-state index is 6.20. The minimum Gasteiger partial charge on any atom is -0.376 e. The van der Waals surface area contributed by atoms with Gasteiger partial charge in [-0.25, -0.2) is 0 Å². The molecular formula is C27H34O2. The van der Waals surface area contributed by atoms with E-state index in [0.29, 0.717) is 13.2 Å². The minimum absolute atomic E-state index is 0.0273. The van der Waals surface area contributed by atoms with Gasteiger partial charge in [-0.15, -0.1) is 0 Å². The van der Waals surface area contributed by atoms with Crippen LogP contribution in [0.2, 0.25) is 0 Å². The number of benzene rings is 2. The molecule has 0 atom stereocenters. The normalized spacial score (nSPS) is 16.1. The zero-order valence-corrected chi connectivity index (χ0v) is 17.9. The summed E-state index contributed by atoms with van der Waals surface area (Å²) in [5, 5.41) is 0. The summed E-state index contributed by atoms with van der Waals surface area (Å²) in [6.45, 7) is 7.24. The largest absolute Gasteiger partial charge is 0.376 e. The quantitative estimate of drug-likeness (QED) is 0.417. The molecule has 0 fully saturated rings. The molecule has 0 radical (unpaired) electrons. The average Bonchev–Trinajstić information content (AvgIpc) is 3.05. The second-order valence-corrected chi connectivity index (χ2v) is 8.31. The molecule has 0 saturated carbocycles. The summed E-state index contributed by atoms with van der Waals surface area (Å²) >= 11 is 0. The van der Waals surface area contributed by atoms with Crippen LogP contribution in [-0.2, 0) is 22.7 Å². The first-order chi connectivity index (χ1) is 14.2. The lowest BCUT2D eigenvalue weighted by Crippen LogP contribution is -2.30. The maximum absolute atomic E-state index is 6.20. The lowest BCUT2D eigenvalue weighted by atomic mass is 9.85. The highest BCUT2D eigenvalue weighted by Crippen LogP contribution is 2.43. The first kappa shape index (κ1) is 21.5. The molecule has 29 heavy (non-hydrogen) atoms. The Bertz CT molecular complexity index is 744. The summed E-state index contributed by atoms with van der Waals surface area (Å²) < 4.78 is 12.4. The topological polar surface area (TPSA) is 18.5 Å². The third kappa shape index (κ3) is 6.69. The molecule has 0 amide bonds. The van der Waals surface area contributed by atoms with Crippen molar-refractivity contribution < 1.29 is 9.47 Å². The maximum Gasteiger partial charge on any atom is 0.0717 e. The van der Waals surface area contributed by atoms with E-state index in [0.717, 1.165) is 32.5 Å². The van der Waals surface area contributed by atoms with Gasteiger partial charge in [0.1, 0.15) is 0 Å². The molecule has 1 aliphatic rings. The monoisotopic (exact) mass is 390 g/mol. The molecule has 0 saturated heterocycles. The molecule has 0 heterocycles. The molecular weight excluding hydrogens is 356 g/mol. The van der Waals surface area contributed by atoms with Gasteiger partial charge in [0, 0.05) is 5.41 Å². The fraction of sp³-hybridized carbons (Fsp3) is 0.407. The van der Waals surface area contributed by atoms with Crippen LogP contribution in [-0.4, -0.2) is 13.2 Å². The van der Waals surface area contributed by atoms with Gasteiger partial charge in [0.05, 0.1) is 26.4 Å². The van der Waals surface area contributed by atoms with Crippen LogP contribution in [0, 0.1) is 5.41 Å². The number of hydrogen-bond acceptors (Lipinski definition) is 2. The van der Waals surface area contributed by atoms with Crippen LogP contribution in [0.4, 0.5) is 0 Å². The lowest BCUT2D eigenvalue weighted by Gasteiger charge is -2.29. The zero-order valence-electron chi connectivity index (χ0n) is 17.9. The molecule has 0 unspecified atom stereocenters. The van der Waals surface area contributed by atoms with Crippen molar-refractivity contribution in [1.82, 2.24) is 0 Å². The number of hydrogen-bond donors (Lipinski definition) is 0. The van der Waals surface area contributed by atoms with Gasteiger partial charge in [-0.1, -0.05) is 91.7 Å². The molecule has 0 N–H and O–H groups in total. The van der Waals surface area contributed by atoms with Gasteiger partial charge in [-0.05, 0) is 42.9 Å². The van der Waals surface area contributed by atoms with Gasteiger partial charge < -0.3 is 9.47 Å². The van der Waals surface area contributed by atoms with Crippen LogP contribution >= 0.6 is 0 Å². The predicted octanol–water partition coefficient (Wildman–Crippen LogP) is 6.87. The Hall–Kier alpha value is -2.16. The standard InChI is InChI=1S/C27H34O2/c1-3-4-7-16-26-18-27(17-23(26)2,21-28-19-24-12-8-5-9-13-24)22-29-20-25-14-10-6-11-15-25/h5-16H,3-4,17-22H2,1-2H3/b16-7+. The Morgan fingerprint density at radius 2 is 1.38 bits per heavy atom. The highest BCUT2D eigenvalue weighted by Gasteiger charge is 2.37. The Labute approximate surface area is 176 Å². The van der Waals surface area contributed by atoms with Crippen molar-refractivity contribution in [3.8, 4) is 0 Å². The van der Waals surface area contributed by atoms with E-state index >= 15 is 0 Å². The highest BCUT2D eigenvalue weighted by atomic mass is 16.5.